The molecule has 2 aromatic carbocycles. The molecule has 0 saturated carbocycles. The van der Waals surface area contributed by atoms with Crippen molar-refractivity contribution >= 4 is 17.3 Å². The van der Waals surface area contributed by atoms with Crippen LogP contribution in [0.1, 0.15) is 29.5 Å². The molecular weight excluding hydrogens is 350 g/mol. The quantitative estimate of drug-likeness (QED) is 0.750. The van der Waals surface area contributed by atoms with E-state index in [1.807, 2.05) is 24.3 Å². The normalized spacial score (nSPS) is 23.0. The van der Waals surface area contributed by atoms with E-state index in [1.54, 1.807) is 21.3 Å². The second kappa shape index (κ2) is 6.76. The summed E-state index contributed by atoms with van der Waals surface area (Å²) in [5.74, 6) is 2.71. The maximum Gasteiger partial charge on any atom is 0.203 e. The van der Waals surface area contributed by atoms with Gasteiger partial charge in [0, 0.05) is 5.92 Å². The molecule has 0 fully saturated rings. The van der Waals surface area contributed by atoms with Crippen molar-refractivity contribution in [1.29, 1.82) is 0 Å². The number of allylic oxidation sites excluding steroid dienone is 2. The van der Waals surface area contributed by atoms with Gasteiger partial charge in [-0.2, -0.15) is 0 Å². The van der Waals surface area contributed by atoms with E-state index in [0.29, 0.717) is 29.1 Å². The van der Waals surface area contributed by atoms with Gasteiger partial charge < -0.3 is 19.5 Å². The molecule has 0 radical (unpaired) electrons. The lowest BCUT2D eigenvalue weighted by Gasteiger charge is -2.38. The Morgan fingerprint density at radius 1 is 1.04 bits per heavy atom. The lowest BCUT2D eigenvalue weighted by molar-refractivity contribution is 0.322. The van der Waals surface area contributed by atoms with Gasteiger partial charge >= 0.3 is 0 Å². The molecular formula is C21H22ClNO3. The fourth-order valence-electron chi connectivity index (χ4n) is 4.19. The molecule has 26 heavy (non-hydrogen) atoms. The zero-order valence-electron chi connectivity index (χ0n) is 15.1. The average Bonchev–Trinajstić information content (AvgIpc) is 3.16. The number of nitrogens with one attached hydrogen (secondary N) is 1. The maximum atomic E-state index is 6.49. The second-order valence-corrected chi connectivity index (χ2v) is 7.05. The lowest BCUT2D eigenvalue weighted by Crippen LogP contribution is -2.29. The topological polar surface area (TPSA) is 39.7 Å². The fourth-order valence-corrected chi connectivity index (χ4v) is 4.43. The summed E-state index contributed by atoms with van der Waals surface area (Å²) >= 11 is 6.49. The van der Waals surface area contributed by atoms with Crippen molar-refractivity contribution in [2.75, 3.05) is 26.6 Å². The first-order valence-corrected chi connectivity index (χ1v) is 9.07. The minimum absolute atomic E-state index is 0.108. The van der Waals surface area contributed by atoms with E-state index in [2.05, 4.69) is 23.5 Å². The number of ether oxygens (including phenoxy) is 3. The van der Waals surface area contributed by atoms with Crippen LogP contribution >= 0.6 is 11.6 Å². The number of anilines is 1. The third kappa shape index (κ3) is 2.60. The van der Waals surface area contributed by atoms with E-state index >= 15 is 0 Å². The van der Waals surface area contributed by atoms with E-state index in [4.69, 9.17) is 25.8 Å². The van der Waals surface area contributed by atoms with E-state index in [-0.39, 0.29) is 6.04 Å². The minimum atomic E-state index is 0.108. The van der Waals surface area contributed by atoms with E-state index < -0.39 is 0 Å². The van der Waals surface area contributed by atoms with Crippen LogP contribution in [0.5, 0.6) is 17.2 Å². The third-order valence-corrected chi connectivity index (χ3v) is 5.71. The Kier molecular flexibility index (Phi) is 4.45. The van der Waals surface area contributed by atoms with Gasteiger partial charge in [0.15, 0.2) is 11.5 Å². The van der Waals surface area contributed by atoms with Crippen LogP contribution in [0.4, 0.5) is 5.69 Å². The highest BCUT2D eigenvalue weighted by molar-refractivity contribution is 6.33. The van der Waals surface area contributed by atoms with Crippen molar-refractivity contribution in [2.24, 2.45) is 5.92 Å². The predicted molar refractivity (Wildman–Crippen MR) is 104 cm³/mol. The van der Waals surface area contributed by atoms with E-state index in [1.165, 1.54) is 5.56 Å². The molecule has 0 unspecified atom stereocenters. The van der Waals surface area contributed by atoms with Crippen LogP contribution in [-0.4, -0.2) is 21.3 Å². The number of methoxy groups -OCH3 is 3. The number of hydrogen-bond acceptors (Lipinski definition) is 4. The molecule has 5 heteroatoms. The van der Waals surface area contributed by atoms with E-state index in [9.17, 15) is 0 Å². The van der Waals surface area contributed by atoms with Crippen molar-refractivity contribution in [3.05, 3.63) is 58.6 Å². The summed E-state index contributed by atoms with van der Waals surface area (Å²) in [6, 6.07) is 10.3. The summed E-state index contributed by atoms with van der Waals surface area (Å²) in [4.78, 5) is 0. The Labute approximate surface area is 158 Å². The summed E-state index contributed by atoms with van der Waals surface area (Å²) in [6.45, 7) is 0. The molecule has 136 valence electrons. The van der Waals surface area contributed by atoms with Crippen molar-refractivity contribution in [3.63, 3.8) is 0 Å². The Balaban J connectivity index is 1.82. The SMILES string of the molecule is COc1cc([C@H]2Nc3c(Cl)cccc3[C@H]3C=CC[C@H]32)cc(OC)c1OC. The van der Waals surface area contributed by atoms with Crippen molar-refractivity contribution in [2.45, 2.75) is 18.4 Å². The highest BCUT2D eigenvalue weighted by Crippen LogP contribution is 2.52. The molecule has 0 aromatic heterocycles. The Hall–Kier alpha value is -2.33. The fraction of sp³-hybridized carbons (Fsp3) is 0.333. The first kappa shape index (κ1) is 17.1. The second-order valence-electron chi connectivity index (χ2n) is 6.64. The zero-order chi connectivity index (χ0) is 18.3. The first-order valence-electron chi connectivity index (χ1n) is 8.69. The summed E-state index contributed by atoms with van der Waals surface area (Å²) in [5, 5.41) is 4.42. The summed E-state index contributed by atoms with van der Waals surface area (Å²) in [5.41, 5.74) is 3.38. The van der Waals surface area contributed by atoms with Gasteiger partial charge in [-0.25, -0.2) is 0 Å². The smallest absolute Gasteiger partial charge is 0.203 e. The largest absolute Gasteiger partial charge is 0.493 e. The van der Waals surface area contributed by atoms with Gasteiger partial charge in [-0.05, 0) is 41.7 Å². The van der Waals surface area contributed by atoms with Crippen molar-refractivity contribution in [3.8, 4) is 17.2 Å². The number of para-hydroxylation sites is 1. The number of rotatable bonds is 4. The molecule has 4 nitrogen and oxygen atoms in total. The lowest BCUT2D eigenvalue weighted by atomic mass is 9.77. The molecule has 1 aliphatic carbocycles. The molecule has 0 bridgehead atoms. The number of fused-ring (bicyclic) bond motifs is 3. The first-order chi connectivity index (χ1) is 12.7. The third-order valence-electron chi connectivity index (χ3n) is 5.39. The summed E-state index contributed by atoms with van der Waals surface area (Å²) in [7, 11) is 4.90. The molecule has 0 amide bonds. The van der Waals surface area contributed by atoms with Gasteiger partial charge in [0.1, 0.15) is 0 Å². The Bertz CT molecular complexity index is 839. The number of benzene rings is 2. The zero-order valence-corrected chi connectivity index (χ0v) is 15.8. The van der Waals surface area contributed by atoms with Gasteiger partial charge in [0.05, 0.1) is 38.1 Å². The van der Waals surface area contributed by atoms with Crippen LogP contribution in [0.25, 0.3) is 0 Å². The molecule has 2 aromatic rings. The molecule has 1 heterocycles. The minimum Gasteiger partial charge on any atom is -0.493 e. The van der Waals surface area contributed by atoms with Crippen LogP contribution in [0.2, 0.25) is 5.02 Å². The molecule has 4 rings (SSSR count). The van der Waals surface area contributed by atoms with Crippen molar-refractivity contribution in [1.82, 2.24) is 0 Å². The van der Waals surface area contributed by atoms with Gasteiger partial charge in [0.25, 0.3) is 0 Å². The Morgan fingerprint density at radius 3 is 2.42 bits per heavy atom. The van der Waals surface area contributed by atoms with Crippen LogP contribution in [0.15, 0.2) is 42.5 Å². The van der Waals surface area contributed by atoms with Crippen LogP contribution in [0, 0.1) is 5.92 Å². The van der Waals surface area contributed by atoms with Crippen molar-refractivity contribution < 1.29 is 14.2 Å². The monoisotopic (exact) mass is 371 g/mol. The summed E-state index contributed by atoms with van der Waals surface area (Å²) < 4.78 is 16.5. The highest BCUT2D eigenvalue weighted by atomic mass is 35.5. The molecule has 1 N–H and O–H groups in total. The van der Waals surface area contributed by atoms with Gasteiger partial charge in [-0.15, -0.1) is 0 Å². The van der Waals surface area contributed by atoms with Gasteiger partial charge in [0.2, 0.25) is 5.75 Å². The number of halogens is 1. The van der Waals surface area contributed by atoms with Crippen LogP contribution < -0.4 is 19.5 Å². The van der Waals surface area contributed by atoms with Gasteiger partial charge in [-0.3, -0.25) is 0 Å². The van der Waals surface area contributed by atoms with Gasteiger partial charge in [-0.1, -0.05) is 35.9 Å². The molecule has 1 aliphatic heterocycles. The Morgan fingerprint density at radius 2 is 1.77 bits per heavy atom. The number of hydrogen-bond donors (Lipinski definition) is 1. The maximum absolute atomic E-state index is 6.49. The average molecular weight is 372 g/mol. The van der Waals surface area contributed by atoms with E-state index in [0.717, 1.165) is 22.7 Å². The predicted octanol–water partition coefficient (Wildman–Crippen LogP) is 5.19. The van der Waals surface area contributed by atoms with Crippen LogP contribution in [-0.2, 0) is 0 Å². The molecule has 2 aliphatic rings. The van der Waals surface area contributed by atoms with Crippen LogP contribution in [0.3, 0.4) is 0 Å². The highest BCUT2D eigenvalue weighted by Gasteiger charge is 2.39. The summed E-state index contributed by atoms with van der Waals surface area (Å²) in [6.07, 6.45) is 5.58. The molecule has 3 atom stereocenters. The standard InChI is InChI=1S/C21H22ClNO3/c1-24-17-10-12(11-18(25-2)21(17)26-3)19-14-7-4-6-13(14)15-8-5-9-16(22)20(15)23-19/h4-6,8-11,13-14,19,23H,7H2,1-3H3/t13-,14+,19+/m0/s1. The molecule has 0 saturated heterocycles. The molecule has 0 spiro atoms.